The van der Waals surface area contributed by atoms with Crippen LogP contribution in [0.1, 0.15) is 25.3 Å². The van der Waals surface area contributed by atoms with Crippen molar-refractivity contribution in [3.8, 4) is 17.2 Å². The van der Waals surface area contributed by atoms with Crippen LogP contribution in [0.3, 0.4) is 0 Å². The lowest BCUT2D eigenvalue weighted by molar-refractivity contribution is 0.302. The van der Waals surface area contributed by atoms with Gasteiger partial charge in [0, 0.05) is 23.1 Å². The minimum atomic E-state index is -3.79. The first-order valence-electron chi connectivity index (χ1n) is 9.38. The predicted octanol–water partition coefficient (Wildman–Crippen LogP) is 4.46. The van der Waals surface area contributed by atoms with Crippen LogP contribution in [0, 0.1) is 5.92 Å². The van der Waals surface area contributed by atoms with Crippen LogP contribution in [0.15, 0.2) is 45.8 Å². The third-order valence-electron chi connectivity index (χ3n) is 5.28. The summed E-state index contributed by atoms with van der Waals surface area (Å²) in [5.74, 6) is 1.95. The molecule has 0 radical (unpaired) electrons. The third-order valence-corrected chi connectivity index (χ3v) is 8.17. The van der Waals surface area contributed by atoms with E-state index in [1.165, 1.54) is 20.3 Å². The lowest BCUT2D eigenvalue weighted by atomic mass is 10.1. The van der Waals surface area contributed by atoms with E-state index >= 15 is 0 Å². The zero-order valence-electron chi connectivity index (χ0n) is 17.0. The standard InChI is InChI=1S/C21H26BrNO5S/c1-14(16-7-8-16)23(13-15-5-9-17(26-2)10-6-15)29(24,25)21-12-20(28-4)19(27-3)11-18(21)22/h5-6,9-12,14,16H,7-8,13H2,1-4H3. The Labute approximate surface area is 180 Å². The molecule has 0 saturated heterocycles. The summed E-state index contributed by atoms with van der Waals surface area (Å²) in [6.07, 6.45) is 2.09. The van der Waals surface area contributed by atoms with Gasteiger partial charge >= 0.3 is 0 Å². The molecule has 3 rings (SSSR count). The Morgan fingerprint density at radius 3 is 2.14 bits per heavy atom. The van der Waals surface area contributed by atoms with Crippen molar-refractivity contribution in [1.82, 2.24) is 4.31 Å². The van der Waals surface area contributed by atoms with E-state index in [0.29, 0.717) is 21.9 Å². The molecule has 1 fully saturated rings. The maximum absolute atomic E-state index is 13.7. The normalized spacial score (nSPS) is 15.2. The van der Waals surface area contributed by atoms with Crippen molar-refractivity contribution in [2.24, 2.45) is 5.92 Å². The van der Waals surface area contributed by atoms with Gasteiger partial charge in [0.2, 0.25) is 10.0 Å². The van der Waals surface area contributed by atoms with Crippen molar-refractivity contribution < 1.29 is 22.6 Å². The molecule has 1 aliphatic carbocycles. The van der Waals surface area contributed by atoms with E-state index in [2.05, 4.69) is 15.9 Å². The predicted molar refractivity (Wildman–Crippen MR) is 115 cm³/mol. The maximum atomic E-state index is 13.7. The van der Waals surface area contributed by atoms with E-state index in [9.17, 15) is 8.42 Å². The lowest BCUT2D eigenvalue weighted by Gasteiger charge is -2.29. The van der Waals surface area contributed by atoms with Crippen LogP contribution in [0.2, 0.25) is 0 Å². The first kappa shape index (κ1) is 21.9. The van der Waals surface area contributed by atoms with E-state index in [-0.39, 0.29) is 17.5 Å². The van der Waals surface area contributed by atoms with Crippen LogP contribution < -0.4 is 14.2 Å². The molecule has 6 nitrogen and oxygen atoms in total. The number of methoxy groups -OCH3 is 3. The van der Waals surface area contributed by atoms with E-state index in [1.54, 1.807) is 17.5 Å². The van der Waals surface area contributed by atoms with Gasteiger partial charge in [-0.05, 0) is 65.4 Å². The quantitative estimate of drug-likeness (QED) is 0.526. The smallest absolute Gasteiger partial charge is 0.244 e. The van der Waals surface area contributed by atoms with Crippen LogP contribution in [0.25, 0.3) is 0 Å². The maximum Gasteiger partial charge on any atom is 0.244 e. The molecule has 0 N–H and O–H groups in total. The number of benzene rings is 2. The number of rotatable bonds is 9. The number of hydrogen-bond donors (Lipinski definition) is 0. The van der Waals surface area contributed by atoms with Crippen molar-refractivity contribution in [1.29, 1.82) is 0 Å². The van der Waals surface area contributed by atoms with Crippen molar-refractivity contribution in [3.05, 3.63) is 46.4 Å². The molecule has 0 aromatic heterocycles. The van der Waals surface area contributed by atoms with E-state index in [4.69, 9.17) is 14.2 Å². The molecule has 0 amide bonds. The fourth-order valence-corrected chi connectivity index (χ4v) is 6.01. The number of halogens is 1. The molecule has 0 heterocycles. The summed E-state index contributed by atoms with van der Waals surface area (Å²) in [6, 6.07) is 10.5. The fourth-order valence-electron chi connectivity index (χ4n) is 3.33. The van der Waals surface area contributed by atoms with E-state index < -0.39 is 10.0 Å². The Morgan fingerprint density at radius 2 is 1.62 bits per heavy atom. The second-order valence-corrected chi connectivity index (χ2v) is 9.83. The van der Waals surface area contributed by atoms with Crippen molar-refractivity contribution in [3.63, 3.8) is 0 Å². The highest BCUT2D eigenvalue weighted by Crippen LogP contribution is 2.41. The van der Waals surface area contributed by atoms with Gasteiger partial charge < -0.3 is 14.2 Å². The molecule has 1 atom stereocenters. The Morgan fingerprint density at radius 1 is 1.03 bits per heavy atom. The van der Waals surface area contributed by atoms with Crippen molar-refractivity contribution in [2.75, 3.05) is 21.3 Å². The van der Waals surface area contributed by atoms with Crippen LogP contribution in [0.4, 0.5) is 0 Å². The zero-order chi connectivity index (χ0) is 21.2. The summed E-state index contributed by atoms with van der Waals surface area (Å²) in [5, 5.41) is 0. The molecule has 0 aliphatic heterocycles. The third kappa shape index (κ3) is 4.70. The van der Waals surface area contributed by atoms with Gasteiger partial charge in [0.1, 0.15) is 10.6 Å². The average molecular weight is 484 g/mol. The summed E-state index contributed by atoms with van der Waals surface area (Å²) in [5.41, 5.74) is 0.901. The summed E-state index contributed by atoms with van der Waals surface area (Å²) in [4.78, 5) is 0.163. The molecular weight excluding hydrogens is 458 g/mol. The van der Waals surface area contributed by atoms with Crippen molar-refractivity contribution >= 4 is 26.0 Å². The first-order valence-corrected chi connectivity index (χ1v) is 11.6. The topological polar surface area (TPSA) is 65.1 Å². The highest BCUT2D eigenvalue weighted by Gasteiger charge is 2.39. The highest BCUT2D eigenvalue weighted by molar-refractivity contribution is 9.10. The lowest BCUT2D eigenvalue weighted by Crippen LogP contribution is -2.39. The van der Waals surface area contributed by atoms with Gasteiger partial charge in [-0.25, -0.2) is 8.42 Å². The van der Waals surface area contributed by atoms with Gasteiger partial charge in [-0.1, -0.05) is 12.1 Å². The van der Waals surface area contributed by atoms with Gasteiger partial charge in [0.15, 0.2) is 11.5 Å². The Hall–Kier alpha value is -1.77. The SMILES string of the molecule is COc1ccc(CN(C(C)C2CC2)S(=O)(=O)c2cc(OC)c(OC)cc2Br)cc1. The van der Waals surface area contributed by atoms with Gasteiger partial charge in [0.25, 0.3) is 0 Å². The summed E-state index contributed by atoms with van der Waals surface area (Å²) < 4.78 is 45.2. The largest absolute Gasteiger partial charge is 0.497 e. The number of ether oxygens (including phenoxy) is 3. The molecule has 8 heteroatoms. The van der Waals surface area contributed by atoms with E-state index in [1.807, 2.05) is 31.2 Å². The Kier molecular flexibility index (Phi) is 6.76. The van der Waals surface area contributed by atoms with Crippen LogP contribution in [-0.4, -0.2) is 40.1 Å². The second-order valence-electron chi connectivity index (χ2n) is 7.11. The molecular formula is C21H26BrNO5S. The summed E-state index contributed by atoms with van der Waals surface area (Å²) >= 11 is 3.40. The van der Waals surface area contributed by atoms with E-state index in [0.717, 1.165) is 24.2 Å². The highest BCUT2D eigenvalue weighted by atomic mass is 79.9. The number of nitrogens with zero attached hydrogens (tertiary/aromatic N) is 1. The number of sulfonamides is 1. The summed E-state index contributed by atoms with van der Waals surface area (Å²) in [7, 11) is 0.827. The molecule has 0 spiro atoms. The monoisotopic (exact) mass is 483 g/mol. The minimum Gasteiger partial charge on any atom is -0.497 e. The molecule has 1 aliphatic rings. The molecule has 1 saturated carbocycles. The first-order chi connectivity index (χ1) is 13.8. The van der Waals surface area contributed by atoms with Crippen molar-refractivity contribution in [2.45, 2.75) is 37.2 Å². The van der Waals surface area contributed by atoms with Gasteiger partial charge in [0.05, 0.1) is 21.3 Å². The minimum absolute atomic E-state index is 0.109. The Balaban J connectivity index is 2.01. The summed E-state index contributed by atoms with van der Waals surface area (Å²) in [6.45, 7) is 2.26. The van der Waals surface area contributed by atoms with Gasteiger partial charge in [-0.2, -0.15) is 4.31 Å². The molecule has 158 valence electrons. The van der Waals surface area contributed by atoms with Crippen LogP contribution in [-0.2, 0) is 16.6 Å². The average Bonchev–Trinajstić information content (AvgIpc) is 3.56. The molecule has 2 aromatic rings. The second kappa shape index (κ2) is 8.93. The number of hydrogen-bond acceptors (Lipinski definition) is 5. The van der Waals surface area contributed by atoms with Crippen LogP contribution >= 0.6 is 15.9 Å². The molecule has 0 bridgehead atoms. The molecule has 1 unspecified atom stereocenters. The van der Waals surface area contributed by atoms with Gasteiger partial charge in [-0.3, -0.25) is 0 Å². The fraction of sp³-hybridized carbons (Fsp3) is 0.429. The zero-order valence-corrected chi connectivity index (χ0v) is 19.4. The van der Waals surface area contributed by atoms with Gasteiger partial charge in [-0.15, -0.1) is 0 Å². The molecule has 29 heavy (non-hydrogen) atoms. The Bertz CT molecular complexity index is 958. The van der Waals surface area contributed by atoms with Crippen LogP contribution in [0.5, 0.6) is 17.2 Å². The molecule has 2 aromatic carbocycles.